The van der Waals surface area contributed by atoms with E-state index in [4.69, 9.17) is 33.7 Å². The molecule has 2 aromatic rings. The molecule has 0 amide bonds. The van der Waals surface area contributed by atoms with E-state index in [1.165, 1.54) is 10.8 Å². The summed E-state index contributed by atoms with van der Waals surface area (Å²) in [5.41, 5.74) is 6.11. The molecule has 140 valence electrons. The zero-order valence-electron chi connectivity index (χ0n) is 14.7. The van der Waals surface area contributed by atoms with Crippen LogP contribution in [0.25, 0.3) is 11.1 Å². The molecule has 0 spiro atoms. The molecule has 1 heterocycles. The number of anilines is 1. The first kappa shape index (κ1) is 20.1. The van der Waals surface area contributed by atoms with Crippen LogP contribution in [0.15, 0.2) is 35.6 Å². The quantitative estimate of drug-likeness (QED) is 0.713. The molecular weight excluding hydrogens is 377 g/mol. The summed E-state index contributed by atoms with van der Waals surface area (Å²) in [5.74, 6) is -0.0676. The number of carbonyl (C=O) groups excluding carboxylic acids is 1. The molecule has 0 saturated heterocycles. The van der Waals surface area contributed by atoms with Gasteiger partial charge < -0.3 is 10.5 Å². The maximum absolute atomic E-state index is 13.1. The molecule has 0 aliphatic carbocycles. The molecule has 1 aromatic heterocycles. The van der Waals surface area contributed by atoms with Crippen molar-refractivity contribution in [3.05, 3.63) is 51.3 Å². The summed E-state index contributed by atoms with van der Waals surface area (Å²) in [6, 6.07) is 4.60. The molecule has 0 fully saturated rings. The van der Waals surface area contributed by atoms with Crippen molar-refractivity contribution in [3.63, 3.8) is 0 Å². The second kappa shape index (κ2) is 8.47. The largest absolute Gasteiger partial charge is 0.444 e. The Kier molecular flexibility index (Phi) is 6.56. The molecule has 2 N–H and O–H groups in total. The van der Waals surface area contributed by atoms with Crippen LogP contribution in [0.4, 0.5) is 10.6 Å². The average Bonchev–Trinajstić information content (AvgIpc) is 2.84. The van der Waals surface area contributed by atoms with Gasteiger partial charge in [0.1, 0.15) is 12.4 Å². The number of benzene rings is 1. The van der Waals surface area contributed by atoms with E-state index in [0.29, 0.717) is 12.0 Å². The Morgan fingerprint density at radius 1 is 1.35 bits per heavy atom. The Labute approximate surface area is 161 Å². The number of halogens is 2. The Bertz CT molecular complexity index is 866. The molecule has 0 aliphatic heterocycles. The van der Waals surface area contributed by atoms with Gasteiger partial charge in [0.2, 0.25) is 0 Å². The third-order valence-corrected chi connectivity index (χ3v) is 4.59. The first-order valence-electron chi connectivity index (χ1n) is 8.20. The summed E-state index contributed by atoms with van der Waals surface area (Å²) in [5, 5.41) is 0.543. The fraction of sp³-hybridized carbons (Fsp3) is 0.333. The fourth-order valence-electron chi connectivity index (χ4n) is 2.82. The number of nitrogen functional groups attached to an aromatic ring is 1. The van der Waals surface area contributed by atoms with E-state index >= 15 is 0 Å². The molecule has 1 unspecified atom stereocenters. The van der Waals surface area contributed by atoms with Gasteiger partial charge >= 0.3 is 6.09 Å². The lowest BCUT2D eigenvalue weighted by atomic mass is 10.1. The fourth-order valence-corrected chi connectivity index (χ4v) is 3.41. The monoisotopic (exact) mass is 397 g/mol. The molecular formula is C18H21Cl2N3O3. The zero-order chi connectivity index (χ0) is 19.4. The molecule has 1 aromatic carbocycles. The molecule has 0 aliphatic rings. The SMILES string of the molecule is C=CCOC(=O)n1c(N)c(-c2c(Cl)cccc2Cl)c(=O)n1C(C)CCC. The number of aromatic nitrogens is 2. The van der Waals surface area contributed by atoms with E-state index in [1.54, 1.807) is 18.2 Å². The van der Waals surface area contributed by atoms with E-state index in [0.717, 1.165) is 11.1 Å². The summed E-state index contributed by atoms with van der Waals surface area (Å²) in [6.07, 6.45) is 2.16. The van der Waals surface area contributed by atoms with Gasteiger partial charge in [-0.05, 0) is 25.5 Å². The summed E-state index contributed by atoms with van der Waals surface area (Å²) in [4.78, 5) is 25.6. The van der Waals surface area contributed by atoms with Crippen molar-refractivity contribution in [2.24, 2.45) is 0 Å². The Hall–Kier alpha value is -2.18. The minimum atomic E-state index is -0.767. The second-order valence-electron chi connectivity index (χ2n) is 5.82. The van der Waals surface area contributed by atoms with Gasteiger partial charge in [0.25, 0.3) is 5.56 Å². The van der Waals surface area contributed by atoms with Crippen LogP contribution >= 0.6 is 23.2 Å². The predicted molar refractivity (Wildman–Crippen MR) is 105 cm³/mol. The lowest BCUT2D eigenvalue weighted by Crippen LogP contribution is -2.31. The molecule has 2 rings (SSSR count). The minimum absolute atomic E-state index is 0.00497. The van der Waals surface area contributed by atoms with Gasteiger partial charge in [-0.1, -0.05) is 55.3 Å². The maximum Gasteiger partial charge on any atom is 0.435 e. The number of nitrogens with zero attached hydrogens (tertiary/aromatic N) is 2. The third-order valence-electron chi connectivity index (χ3n) is 3.96. The van der Waals surface area contributed by atoms with Crippen LogP contribution in [0.3, 0.4) is 0 Å². The van der Waals surface area contributed by atoms with Crippen LogP contribution in [0.1, 0.15) is 32.7 Å². The van der Waals surface area contributed by atoms with Crippen molar-refractivity contribution in [1.82, 2.24) is 9.36 Å². The number of hydrogen-bond acceptors (Lipinski definition) is 4. The molecule has 0 radical (unpaired) electrons. The van der Waals surface area contributed by atoms with Crippen molar-refractivity contribution < 1.29 is 9.53 Å². The average molecular weight is 398 g/mol. The lowest BCUT2D eigenvalue weighted by molar-refractivity contribution is 0.149. The first-order valence-corrected chi connectivity index (χ1v) is 8.96. The van der Waals surface area contributed by atoms with Crippen molar-refractivity contribution in [1.29, 1.82) is 0 Å². The number of nitrogens with two attached hydrogens (primary N) is 1. The molecule has 1 atom stereocenters. The number of hydrogen-bond donors (Lipinski definition) is 1. The van der Waals surface area contributed by atoms with Crippen LogP contribution in [0.5, 0.6) is 0 Å². The van der Waals surface area contributed by atoms with E-state index in [1.807, 2.05) is 13.8 Å². The second-order valence-corrected chi connectivity index (χ2v) is 6.64. The normalized spacial score (nSPS) is 12.0. The zero-order valence-corrected chi connectivity index (χ0v) is 16.2. The highest BCUT2D eigenvalue weighted by atomic mass is 35.5. The van der Waals surface area contributed by atoms with Crippen LogP contribution in [0.2, 0.25) is 10.0 Å². The van der Waals surface area contributed by atoms with Crippen LogP contribution in [-0.2, 0) is 4.74 Å². The Morgan fingerprint density at radius 2 is 1.96 bits per heavy atom. The highest BCUT2D eigenvalue weighted by Gasteiger charge is 2.28. The van der Waals surface area contributed by atoms with Crippen molar-refractivity contribution in [2.45, 2.75) is 32.7 Å². The van der Waals surface area contributed by atoms with E-state index in [2.05, 4.69) is 6.58 Å². The van der Waals surface area contributed by atoms with Gasteiger partial charge in [0.15, 0.2) is 0 Å². The minimum Gasteiger partial charge on any atom is -0.444 e. The smallest absolute Gasteiger partial charge is 0.435 e. The Morgan fingerprint density at radius 3 is 2.50 bits per heavy atom. The Balaban J connectivity index is 2.78. The summed E-state index contributed by atoms with van der Waals surface area (Å²) in [7, 11) is 0. The van der Waals surface area contributed by atoms with Gasteiger partial charge in [0, 0.05) is 5.56 Å². The number of ether oxygens (including phenoxy) is 1. The van der Waals surface area contributed by atoms with Gasteiger partial charge in [0.05, 0.1) is 21.7 Å². The lowest BCUT2D eigenvalue weighted by Gasteiger charge is -2.17. The predicted octanol–water partition coefficient (Wildman–Crippen LogP) is 4.74. The van der Waals surface area contributed by atoms with Crippen LogP contribution in [0, 0.1) is 0 Å². The summed E-state index contributed by atoms with van der Waals surface area (Å²) < 4.78 is 7.43. The van der Waals surface area contributed by atoms with Gasteiger partial charge in [-0.15, -0.1) is 0 Å². The van der Waals surface area contributed by atoms with E-state index in [-0.39, 0.29) is 34.1 Å². The summed E-state index contributed by atoms with van der Waals surface area (Å²) >= 11 is 12.5. The molecule has 0 bridgehead atoms. The molecule has 6 nitrogen and oxygen atoms in total. The molecule has 26 heavy (non-hydrogen) atoms. The van der Waals surface area contributed by atoms with E-state index < -0.39 is 11.7 Å². The van der Waals surface area contributed by atoms with E-state index in [9.17, 15) is 9.59 Å². The van der Waals surface area contributed by atoms with Gasteiger partial charge in [-0.2, -0.15) is 4.68 Å². The van der Waals surface area contributed by atoms with Crippen molar-refractivity contribution in [2.75, 3.05) is 12.3 Å². The number of rotatable bonds is 6. The van der Waals surface area contributed by atoms with Crippen LogP contribution < -0.4 is 11.3 Å². The standard InChI is InChI=1S/C18H21Cl2N3O3/c1-4-7-11(3)22-17(24)15(14-12(19)8-6-9-13(14)20)16(21)23(22)18(25)26-10-5-2/h5-6,8-9,11H,2,4,7,10,21H2,1,3H3. The van der Waals surface area contributed by atoms with Gasteiger partial charge in [-0.25, -0.2) is 9.48 Å². The first-order chi connectivity index (χ1) is 12.3. The number of carbonyl (C=O) groups is 1. The third kappa shape index (κ3) is 3.66. The molecule has 0 saturated carbocycles. The van der Waals surface area contributed by atoms with Gasteiger partial charge in [-0.3, -0.25) is 4.79 Å². The van der Waals surface area contributed by atoms with Crippen LogP contribution in [-0.4, -0.2) is 22.1 Å². The highest BCUT2D eigenvalue weighted by Crippen LogP contribution is 2.36. The van der Waals surface area contributed by atoms with Crippen molar-refractivity contribution in [3.8, 4) is 11.1 Å². The topological polar surface area (TPSA) is 79.2 Å². The maximum atomic E-state index is 13.1. The summed E-state index contributed by atoms with van der Waals surface area (Å²) in [6.45, 7) is 7.32. The highest BCUT2D eigenvalue weighted by molar-refractivity contribution is 6.39. The molecule has 8 heteroatoms. The van der Waals surface area contributed by atoms with Crippen molar-refractivity contribution >= 4 is 35.1 Å².